The van der Waals surface area contributed by atoms with Gasteiger partial charge in [-0.1, -0.05) is 11.6 Å². The molecule has 1 aromatic rings. The monoisotopic (exact) mass is 255 g/mol. The molecule has 0 spiro atoms. The van der Waals surface area contributed by atoms with E-state index in [0.29, 0.717) is 23.1 Å². The SMILES string of the molecule is COC1CCC(Nc2nc(C)c(C)nc2Cl)C1. The maximum absolute atomic E-state index is 6.08. The lowest BCUT2D eigenvalue weighted by Gasteiger charge is -2.15. The van der Waals surface area contributed by atoms with E-state index in [9.17, 15) is 0 Å². The first-order valence-corrected chi connectivity index (χ1v) is 6.28. The van der Waals surface area contributed by atoms with Crippen LogP contribution in [-0.2, 0) is 4.74 Å². The fraction of sp³-hybridized carbons (Fsp3) is 0.667. The molecule has 94 valence electrons. The van der Waals surface area contributed by atoms with Crippen LogP contribution in [0.2, 0.25) is 5.15 Å². The summed E-state index contributed by atoms with van der Waals surface area (Å²) in [6.07, 6.45) is 3.53. The van der Waals surface area contributed by atoms with Crippen LogP contribution in [0.4, 0.5) is 5.82 Å². The fourth-order valence-corrected chi connectivity index (χ4v) is 2.37. The zero-order valence-corrected chi connectivity index (χ0v) is 11.2. The number of anilines is 1. The Balaban J connectivity index is 2.06. The highest BCUT2D eigenvalue weighted by atomic mass is 35.5. The van der Waals surface area contributed by atoms with E-state index in [1.165, 1.54) is 0 Å². The van der Waals surface area contributed by atoms with E-state index in [1.807, 2.05) is 13.8 Å². The summed E-state index contributed by atoms with van der Waals surface area (Å²) in [6.45, 7) is 3.85. The smallest absolute Gasteiger partial charge is 0.171 e. The first-order valence-electron chi connectivity index (χ1n) is 5.90. The van der Waals surface area contributed by atoms with E-state index in [1.54, 1.807) is 7.11 Å². The molecule has 4 nitrogen and oxygen atoms in total. The van der Waals surface area contributed by atoms with Crippen molar-refractivity contribution in [2.45, 2.75) is 45.3 Å². The van der Waals surface area contributed by atoms with Gasteiger partial charge in [0.1, 0.15) is 0 Å². The molecule has 1 fully saturated rings. The number of hydrogen-bond donors (Lipinski definition) is 1. The van der Waals surface area contributed by atoms with Crippen LogP contribution in [0.25, 0.3) is 0 Å². The molecule has 0 aliphatic heterocycles. The summed E-state index contributed by atoms with van der Waals surface area (Å²) in [5.74, 6) is 0.691. The van der Waals surface area contributed by atoms with Crippen LogP contribution in [0.15, 0.2) is 0 Å². The number of methoxy groups -OCH3 is 1. The van der Waals surface area contributed by atoms with E-state index in [0.717, 1.165) is 30.7 Å². The molecule has 0 amide bonds. The van der Waals surface area contributed by atoms with Crippen molar-refractivity contribution in [3.8, 4) is 0 Å². The third-order valence-corrected chi connectivity index (χ3v) is 3.59. The van der Waals surface area contributed by atoms with Gasteiger partial charge in [-0.05, 0) is 33.1 Å². The lowest BCUT2D eigenvalue weighted by atomic mass is 10.2. The molecular weight excluding hydrogens is 238 g/mol. The van der Waals surface area contributed by atoms with Crippen molar-refractivity contribution < 1.29 is 4.74 Å². The molecule has 2 rings (SSSR count). The first kappa shape index (κ1) is 12.6. The summed E-state index contributed by atoms with van der Waals surface area (Å²) in [7, 11) is 1.76. The Hall–Kier alpha value is -0.870. The Morgan fingerprint density at radius 1 is 1.24 bits per heavy atom. The molecule has 0 aromatic carbocycles. The number of halogens is 1. The van der Waals surface area contributed by atoms with Gasteiger partial charge in [0.15, 0.2) is 11.0 Å². The third-order valence-electron chi connectivity index (χ3n) is 3.32. The Morgan fingerprint density at radius 3 is 2.59 bits per heavy atom. The highest BCUT2D eigenvalue weighted by Gasteiger charge is 2.25. The number of rotatable bonds is 3. The number of hydrogen-bond acceptors (Lipinski definition) is 4. The summed E-state index contributed by atoms with van der Waals surface area (Å²) in [5, 5.41) is 3.81. The molecule has 1 aromatic heterocycles. The van der Waals surface area contributed by atoms with Gasteiger partial charge in [-0.3, -0.25) is 0 Å². The van der Waals surface area contributed by atoms with Crippen molar-refractivity contribution in [2.24, 2.45) is 0 Å². The second-order valence-electron chi connectivity index (χ2n) is 4.55. The molecule has 0 saturated heterocycles. The summed E-state index contributed by atoms with van der Waals surface area (Å²) in [5.41, 5.74) is 1.79. The molecule has 0 bridgehead atoms. The molecule has 1 aliphatic carbocycles. The summed E-state index contributed by atoms with van der Waals surface area (Å²) < 4.78 is 5.34. The van der Waals surface area contributed by atoms with Gasteiger partial charge in [0.2, 0.25) is 0 Å². The van der Waals surface area contributed by atoms with Crippen molar-refractivity contribution in [2.75, 3.05) is 12.4 Å². The maximum atomic E-state index is 6.08. The second kappa shape index (κ2) is 5.19. The average Bonchev–Trinajstić information content (AvgIpc) is 2.73. The number of nitrogens with one attached hydrogen (secondary N) is 1. The van der Waals surface area contributed by atoms with Crippen LogP contribution in [0.5, 0.6) is 0 Å². The standard InChI is InChI=1S/C12H18ClN3O/c1-7-8(2)15-12(11(13)14-7)16-9-4-5-10(6-9)17-3/h9-10H,4-6H2,1-3H3,(H,15,16). The van der Waals surface area contributed by atoms with E-state index >= 15 is 0 Å². The zero-order chi connectivity index (χ0) is 12.4. The number of aryl methyl sites for hydroxylation is 2. The molecule has 0 radical (unpaired) electrons. The minimum Gasteiger partial charge on any atom is -0.381 e. The van der Waals surface area contributed by atoms with E-state index in [4.69, 9.17) is 16.3 Å². The van der Waals surface area contributed by atoms with Crippen LogP contribution >= 0.6 is 11.6 Å². The molecule has 17 heavy (non-hydrogen) atoms. The highest BCUT2D eigenvalue weighted by Crippen LogP contribution is 2.27. The van der Waals surface area contributed by atoms with Gasteiger partial charge in [-0.15, -0.1) is 0 Å². The van der Waals surface area contributed by atoms with Crippen molar-refractivity contribution in [3.05, 3.63) is 16.5 Å². The molecule has 1 heterocycles. The van der Waals surface area contributed by atoms with Gasteiger partial charge in [-0.2, -0.15) is 0 Å². The van der Waals surface area contributed by atoms with Crippen molar-refractivity contribution in [3.63, 3.8) is 0 Å². The largest absolute Gasteiger partial charge is 0.381 e. The Labute approximate surface area is 107 Å². The van der Waals surface area contributed by atoms with Gasteiger partial charge < -0.3 is 10.1 Å². The van der Waals surface area contributed by atoms with E-state index < -0.39 is 0 Å². The summed E-state index contributed by atoms with van der Waals surface area (Å²) in [4.78, 5) is 8.70. The van der Waals surface area contributed by atoms with E-state index in [-0.39, 0.29) is 0 Å². The fourth-order valence-electron chi connectivity index (χ4n) is 2.15. The average molecular weight is 256 g/mol. The lowest BCUT2D eigenvalue weighted by molar-refractivity contribution is 0.108. The molecule has 5 heteroatoms. The van der Waals surface area contributed by atoms with E-state index in [2.05, 4.69) is 15.3 Å². The Morgan fingerprint density at radius 2 is 1.94 bits per heavy atom. The molecule has 1 saturated carbocycles. The maximum Gasteiger partial charge on any atom is 0.171 e. The third kappa shape index (κ3) is 2.87. The minimum atomic E-state index is 0.353. The van der Waals surface area contributed by atoms with Crippen LogP contribution < -0.4 is 5.32 Å². The number of nitrogens with zero attached hydrogens (tertiary/aromatic N) is 2. The van der Waals surface area contributed by atoms with Crippen molar-refractivity contribution >= 4 is 17.4 Å². The summed E-state index contributed by atoms with van der Waals surface area (Å²) >= 11 is 6.08. The minimum absolute atomic E-state index is 0.353. The van der Waals surface area contributed by atoms with Gasteiger partial charge in [0.05, 0.1) is 17.5 Å². The Kier molecular flexibility index (Phi) is 3.84. The zero-order valence-electron chi connectivity index (χ0n) is 10.5. The van der Waals surface area contributed by atoms with Crippen molar-refractivity contribution in [1.29, 1.82) is 0 Å². The molecule has 2 unspecified atom stereocenters. The van der Waals surface area contributed by atoms with Gasteiger partial charge >= 0.3 is 0 Å². The molecule has 1 aliphatic rings. The molecule has 1 N–H and O–H groups in total. The Bertz CT molecular complexity index is 411. The van der Waals surface area contributed by atoms with Crippen LogP contribution in [-0.4, -0.2) is 29.2 Å². The first-order chi connectivity index (χ1) is 8.10. The molecular formula is C12H18ClN3O. The number of ether oxygens (including phenoxy) is 1. The van der Waals surface area contributed by atoms with Crippen LogP contribution in [0.1, 0.15) is 30.7 Å². The highest BCUT2D eigenvalue weighted by molar-refractivity contribution is 6.31. The molecule has 2 atom stereocenters. The van der Waals surface area contributed by atoms with Crippen LogP contribution in [0.3, 0.4) is 0 Å². The lowest BCUT2D eigenvalue weighted by Crippen LogP contribution is -2.19. The second-order valence-corrected chi connectivity index (χ2v) is 4.90. The number of aromatic nitrogens is 2. The topological polar surface area (TPSA) is 47.0 Å². The normalized spacial score (nSPS) is 24.0. The predicted octanol–water partition coefficient (Wildman–Crippen LogP) is 2.73. The van der Waals surface area contributed by atoms with Gasteiger partial charge in [-0.25, -0.2) is 9.97 Å². The summed E-state index contributed by atoms with van der Waals surface area (Å²) in [6, 6.07) is 0.383. The van der Waals surface area contributed by atoms with Gasteiger partial charge in [0, 0.05) is 13.2 Å². The quantitative estimate of drug-likeness (QED) is 0.902. The predicted molar refractivity (Wildman–Crippen MR) is 68.6 cm³/mol. The van der Waals surface area contributed by atoms with Gasteiger partial charge in [0.25, 0.3) is 0 Å². The van der Waals surface area contributed by atoms with Crippen LogP contribution in [0, 0.1) is 13.8 Å². The van der Waals surface area contributed by atoms with Crippen molar-refractivity contribution in [1.82, 2.24) is 9.97 Å².